The average Bonchev–Trinajstić information content (AvgIpc) is 2.87. The van der Waals surface area contributed by atoms with E-state index in [-0.39, 0.29) is 18.5 Å². The summed E-state index contributed by atoms with van der Waals surface area (Å²) in [6.45, 7) is 4.49. The number of carboxylic acid groups (broad SMARTS) is 1. The summed E-state index contributed by atoms with van der Waals surface area (Å²) >= 11 is 0. The van der Waals surface area contributed by atoms with Gasteiger partial charge in [0.1, 0.15) is 6.10 Å². The van der Waals surface area contributed by atoms with Crippen molar-refractivity contribution in [1.29, 1.82) is 0 Å². The molecule has 0 rings (SSSR count). The lowest BCUT2D eigenvalue weighted by atomic mass is 10.1. The Morgan fingerprint density at radius 2 is 1.14 bits per heavy atom. The number of unbranched alkanes of at least 4 members (excludes halogenated alkanes) is 17. The molecule has 0 heterocycles. The van der Waals surface area contributed by atoms with E-state index in [2.05, 4.69) is 38.2 Å². The van der Waals surface area contributed by atoms with Crippen molar-refractivity contribution in [3.63, 3.8) is 0 Å². The van der Waals surface area contributed by atoms with Crippen molar-refractivity contribution in [2.75, 3.05) is 0 Å². The number of aliphatic carboxylic acids is 1. The van der Waals surface area contributed by atoms with Crippen LogP contribution in [0.1, 0.15) is 168 Å². The summed E-state index contributed by atoms with van der Waals surface area (Å²) in [5.41, 5.74) is 0. The molecule has 1 atom stereocenters. The van der Waals surface area contributed by atoms with Gasteiger partial charge in [-0.2, -0.15) is 0 Å². The van der Waals surface area contributed by atoms with Gasteiger partial charge in [0.15, 0.2) is 0 Å². The van der Waals surface area contributed by atoms with Crippen LogP contribution in [-0.4, -0.2) is 23.1 Å². The Hall–Kier alpha value is -1.58. The molecule has 0 saturated carbocycles. The summed E-state index contributed by atoms with van der Waals surface area (Å²) in [6, 6.07) is 0. The van der Waals surface area contributed by atoms with Crippen molar-refractivity contribution in [3.05, 3.63) is 24.3 Å². The Morgan fingerprint density at radius 3 is 1.73 bits per heavy atom. The Labute approximate surface area is 229 Å². The highest BCUT2D eigenvalue weighted by Gasteiger charge is 2.11. The third-order valence-corrected chi connectivity index (χ3v) is 6.91. The second-order valence-corrected chi connectivity index (χ2v) is 10.6. The molecular formula is C33H60O4. The maximum absolute atomic E-state index is 12.5. The fourth-order valence-corrected chi connectivity index (χ4v) is 4.54. The summed E-state index contributed by atoms with van der Waals surface area (Å²) in [6.07, 6.45) is 34.8. The molecule has 1 unspecified atom stereocenters. The monoisotopic (exact) mass is 520 g/mol. The number of esters is 1. The van der Waals surface area contributed by atoms with E-state index < -0.39 is 5.97 Å². The number of ether oxygens (including phenoxy) is 1. The van der Waals surface area contributed by atoms with Gasteiger partial charge in [-0.3, -0.25) is 9.59 Å². The molecule has 4 nitrogen and oxygen atoms in total. The Bertz CT molecular complexity index is 567. The zero-order valence-electron chi connectivity index (χ0n) is 24.5. The fraction of sp³-hybridized carbons (Fsp3) is 0.818. The topological polar surface area (TPSA) is 63.6 Å². The predicted molar refractivity (Wildman–Crippen MR) is 158 cm³/mol. The standard InChI is InChI=1S/C33H60O4/c1-3-5-7-9-11-13-15-19-23-27-31(28-24-20-17-18-21-25-29-32(34)35)37-33(36)30-26-22-16-14-12-10-8-6-4-2/h13,15,23,27,31H,3-12,14,16-22,24-26,28-30H2,1-2H3,(H,34,35)/b15-13-,27-23-. The quantitative estimate of drug-likeness (QED) is 0.0633. The first-order chi connectivity index (χ1) is 18.1. The normalized spacial score (nSPS) is 12.5. The van der Waals surface area contributed by atoms with Gasteiger partial charge in [-0.05, 0) is 51.0 Å². The largest absolute Gasteiger partial charge is 0.481 e. The van der Waals surface area contributed by atoms with Crippen LogP contribution >= 0.6 is 0 Å². The molecule has 0 aromatic carbocycles. The van der Waals surface area contributed by atoms with Gasteiger partial charge in [-0.15, -0.1) is 0 Å². The predicted octanol–water partition coefficient (Wildman–Crippen LogP) is 10.5. The van der Waals surface area contributed by atoms with Gasteiger partial charge in [0.25, 0.3) is 0 Å². The van der Waals surface area contributed by atoms with E-state index in [1.54, 1.807) is 0 Å². The molecule has 37 heavy (non-hydrogen) atoms. The molecular weight excluding hydrogens is 460 g/mol. The van der Waals surface area contributed by atoms with Crippen LogP contribution in [0.3, 0.4) is 0 Å². The second kappa shape index (κ2) is 29.0. The average molecular weight is 521 g/mol. The van der Waals surface area contributed by atoms with Crippen molar-refractivity contribution in [2.24, 2.45) is 0 Å². The van der Waals surface area contributed by atoms with E-state index in [4.69, 9.17) is 9.84 Å². The van der Waals surface area contributed by atoms with Crippen LogP contribution in [-0.2, 0) is 14.3 Å². The van der Waals surface area contributed by atoms with Crippen LogP contribution in [0.25, 0.3) is 0 Å². The van der Waals surface area contributed by atoms with Gasteiger partial charge in [-0.1, -0.05) is 128 Å². The highest BCUT2D eigenvalue weighted by atomic mass is 16.5. The van der Waals surface area contributed by atoms with Crippen molar-refractivity contribution in [3.8, 4) is 0 Å². The molecule has 0 aromatic rings. The molecule has 0 aliphatic rings. The summed E-state index contributed by atoms with van der Waals surface area (Å²) < 4.78 is 5.85. The van der Waals surface area contributed by atoms with Crippen LogP contribution in [0.2, 0.25) is 0 Å². The number of rotatable bonds is 28. The Morgan fingerprint density at radius 1 is 0.622 bits per heavy atom. The first-order valence-corrected chi connectivity index (χ1v) is 15.8. The van der Waals surface area contributed by atoms with Crippen molar-refractivity contribution >= 4 is 11.9 Å². The van der Waals surface area contributed by atoms with Crippen LogP contribution in [0.4, 0.5) is 0 Å². The summed E-state index contributed by atoms with van der Waals surface area (Å²) in [4.78, 5) is 23.1. The maximum atomic E-state index is 12.5. The minimum atomic E-state index is -0.704. The smallest absolute Gasteiger partial charge is 0.306 e. The zero-order valence-corrected chi connectivity index (χ0v) is 24.5. The minimum Gasteiger partial charge on any atom is -0.481 e. The molecule has 4 heteroatoms. The van der Waals surface area contributed by atoms with Crippen LogP contribution in [0, 0.1) is 0 Å². The van der Waals surface area contributed by atoms with Crippen molar-refractivity contribution in [1.82, 2.24) is 0 Å². The van der Waals surface area contributed by atoms with E-state index in [1.807, 2.05) is 0 Å². The number of carbonyl (C=O) groups is 2. The molecule has 0 aliphatic heterocycles. The zero-order chi connectivity index (χ0) is 27.2. The summed E-state index contributed by atoms with van der Waals surface area (Å²) in [7, 11) is 0. The molecule has 0 spiro atoms. The molecule has 0 amide bonds. The van der Waals surface area contributed by atoms with Crippen molar-refractivity contribution in [2.45, 2.75) is 174 Å². The third kappa shape index (κ3) is 28.8. The molecule has 1 N–H and O–H groups in total. The van der Waals surface area contributed by atoms with Crippen LogP contribution in [0.15, 0.2) is 24.3 Å². The molecule has 216 valence electrons. The van der Waals surface area contributed by atoms with Crippen molar-refractivity contribution < 1.29 is 19.4 Å². The fourth-order valence-electron chi connectivity index (χ4n) is 4.54. The van der Waals surface area contributed by atoms with E-state index in [9.17, 15) is 9.59 Å². The summed E-state index contributed by atoms with van der Waals surface area (Å²) in [5, 5.41) is 8.73. The molecule has 0 aliphatic carbocycles. The molecule has 0 radical (unpaired) electrons. The van der Waals surface area contributed by atoms with Crippen LogP contribution < -0.4 is 0 Å². The van der Waals surface area contributed by atoms with Gasteiger partial charge >= 0.3 is 11.9 Å². The summed E-state index contributed by atoms with van der Waals surface area (Å²) in [5.74, 6) is -0.761. The van der Waals surface area contributed by atoms with Gasteiger partial charge in [0.2, 0.25) is 0 Å². The SMILES string of the molecule is CCCCCC/C=C\C/C=C\C(CCCCCCCCC(=O)O)OC(=O)CCCCCCCCCCC. The number of hydrogen-bond donors (Lipinski definition) is 1. The highest BCUT2D eigenvalue weighted by molar-refractivity contribution is 5.69. The van der Waals surface area contributed by atoms with E-state index in [0.29, 0.717) is 6.42 Å². The van der Waals surface area contributed by atoms with Gasteiger partial charge in [0.05, 0.1) is 0 Å². The minimum absolute atomic E-state index is 0.0577. The number of carboxylic acids is 1. The number of carbonyl (C=O) groups excluding carboxylic acids is 1. The molecule has 0 aromatic heterocycles. The van der Waals surface area contributed by atoms with E-state index >= 15 is 0 Å². The first kappa shape index (κ1) is 35.4. The lowest BCUT2D eigenvalue weighted by Gasteiger charge is -2.14. The van der Waals surface area contributed by atoms with Gasteiger partial charge < -0.3 is 9.84 Å². The molecule has 0 fully saturated rings. The Kier molecular flexibility index (Phi) is 27.7. The van der Waals surface area contributed by atoms with Gasteiger partial charge in [0, 0.05) is 12.8 Å². The molecule has 0 saturated heterocycles. The third-order valence-electron chi connectivity index (χ3n) is 6.91. The molecule has 0 bridgehead atoms. The van der Waals surface area contributed by atoms with Crippen LogP contribution in [0.5, 0.6) is 0 Å². The number of allylic oxidation sites excluding steroid dienone is 3. The Balaban J connectivity index is 4.22. The first-order valence-electron chi connectivity index (χ1n) is 15.8. The maximum Gasteiger partial charge on any atom is 0.306 e. The van der Waals surface area contributed by atoms with E-state index in [0.717, 1.165) is 70.6 Å². The highest BCUT2D eigenvalue weighted by Crippen LogP contribution is 2.15. The van der Waals surface area contributed by atoms with E-state index in [1.165, 1.54) is 70.6 Å². The lowest BCUT2D eigenvalue weighted by molar-refractivity contribution is -0.147. The lowest BCUT2D eigenvalue weighted by Crippen LogP contribution is -2.16. The number of hydrogen-bond acceptors (Lipinski definition) is 3. The van der Waals surface area contributed by atoms with Gasteiger partial charge in [-0.25, -0.2) is 0 Å². The second-order valence-electron chi connectivity index (χ2n) is 10.6.